The average molecular weight is 242 g/mol. The number of carbonyl (C=O) groups is 2. The van der Waals surface area contributed by atoms with Gasteiger partial charge >= 0.3 is 6.03 Å². The normalized spacial score (nSPS) is 9.62. The summed E-state index contributed by atoms with van der Waals surface area (Å²) in [5.74, 6) is -0.605. The van der Waals surface area contributed by atoms with Crippen molar-refractivity contribution in [1.82, 2.24) is 10.6 Å². The Morgan fingerprint density at radius 1 is 1.31 bits per heavy atom. The Hall–Kier alpha value is -1.56. The first-order valence-electron chi connectivity index (χ1n) is 4.51. The summed E-state index contributed by atoms with van der Waals surface area (Å²) in [5, 5.41) is 4.40. The lowest BCUT2D eigenvalue weighted by molar-refractivity contribution is -0.117. The predicted molar refractivity (Wildman–Crippen MR) is 59.7 cm³/mol. The van der Waals surface area contributed by atoms with Crippen molar-refractivity contribution in [1.29, 1.82) is 0 Å². The van der Waals surface area contributed by atoms with Gasteiger partial charge in [0, 0.05) is 11.9 Å². The van der Waals surface area contributed by atoms with Crippen LogP contribution in [0.25, 0.3) is 0 Å². The van der Waals surface area contributed by atoms with Crippen molar-refractivity contribution in [2.45, 2.75) is 4.90 Å². The number of rotatable bonds is 3. The van der Waals surface area contributed by atoms with Gasteiger partial charge in [-0.2, -0.15) is 0 Å². The highest BCUT2D eigenvalue weighted by atomic mass is 32.2. The Morgan fingerprint density at radius 2 is 1.94 bits per heavy atom. The molecule has 0 heterocycles. The lowest BCUT2D eigenvalue weighted by Gasteiger charge is -2.03. The fourth-order valence-electron chi connectivity index (χ4n) is 0.905. The minimum Gasteiger partial charge on any atom is -0.341 e. The number of hydrogen-bond acceptors (Lipinski definition) is 3. The predicted octanol–water partition coefficient (Wildman–Crippen LogP) is 1.37. The maximum absolute atomic E-state index is 12.6. The smallest absolute Gasteiger partial charge is 0.321 e. The Kier molecular flexibility index (Phi) is 4.78. The second-order valence-corrected chi connectivity index (χ2v) is 3.92. The summed E-state index contributed by atoms with van der Waals surface area (Å²) in [4.78, 5) is 22.7. The molecule has 1 aromatic rings. The summed E-state index contributed by atoms with van der Waals surface area (Å²) in [6.45, 7) is 0. The number of benzene rings is 1. The first-order valence-corrected chi connectivity index (χ1v) is 5.50. The van der Waals surface area contributed by atoms with Crippen LogP contribution in [0.2, 0.25) is 0 Å². The molecular weight excluding hydrogens is 231 g/mol. The highest BCUT2D eigenvalue weighted by molar-refractivity contribution is 8.00. The van der Waals surface area contributed by atoms with Crippen molar-refractivity contribution in [3.63, 3.8) is 0 Å². The largest absolute Gasteiger partial charge is 0.341 e. The van der Waals surface area contributed by atoms with Gasteiger partial charge in [0.25, 0.3) is 0 Å². The molecule has 2 N–H and O–H groups in total. The molecular formula is C10H11FN2O2S. The number of amides is 3. The van der Waals surface area contributed by atoms with Crippen LogP contribution < -0.4 is 10.6 Å². The van der Waals surface area contributed by atoms with E-state index in [1.165, 1.54) is 30.9 Å². The average Bonchev–Trinajstić information content (AvgIpc) is 2.28. The lowest BCUT2D eigenvalue weighted by atomic mass is 10.4. The maximum Gasteiger partial charge on any atom is 0.321 e. The quantitative estimate of drug-likeness (QED) is 0.787. The van der Waals surface area contributed by atoms with E-state index < -0.39 is 11.9 Å². The molecule has 16 heavy (non-hydrogen) atoms. The highest BCUT2D eigenvalue weighted by Gasteiger charge is 2.06. The second-order valence-electron chi connectivity index (χ2n) is 2.87. The van der Waals surface area contributed by atoms with Crippen LogP contribution in [0, 0.1) is 5.82 Å². The summed E-state index contributed by atoms with van der Waals surface area (Å²) in [6, 6.07) is 5.25. The Morgan fingerprint density at radius 3 is 2.50 bits per heavy atom. The molecule has 1 aromatic carbocycles. The van der Waals surface area contributed by atoms with Gasteiger partial charge in [0.2, 0.25) is 5.91 Å². The first-order chi connectivity index (χ1) is 7.61. The Labute approximate surface area is 96.6 Å². The van der Waals surface area contributed by atoms with Crippen molar-refractivity contribution >= 4 is 23.7 Å². The first kappa shape index (κ1) is 12.5. The molecule has 0 aromatic heterocycles. The monoisotopic (exact) mass is 242 g/mol. The van der Waals surface area contributed by atoms with Crippen LogP contribution in [0.15, 0.2) is 29.2 Å². The number of halogens is 1. The van der Waals surface area contributed by atoms with E-state index >= 15 is 0 Å². The standard InChI is InChI=1S/C10H11FN2O2S/c1-12-10(15)13-9(14)6-16-8-4-2-7(11)3-5-8/h2-5H,6H2,1H3,(H2,12,13,14,15). The van der Waals surface area contributed by atoms with Crippen LogP contribution >= 0.6 is 11.8 Å². The third-order valence-electron chi connectivity index (χ3n) is 1.66. The number of nitrogens with one attached hydrogen (secondary N) is 2. The van der Waals surface area contributed by atoms with E-state index in [4.69, 9.17) is 0 Å². The SMILES string of the molecule is CNC(=O)NC(=O)CSc1ccc(F)cc1. The molecule has 0 aliphatic rings. The van der Waals surface area contributed by atoms with Crippen molar-refractivity contribution < 1.29 is 14.0 Å². The molecule has 6 heteroatoms. The van der Waals surface area contributed by atoms with Crippen molar-refractivity contribution in [2.24, 2.45) is 0 Å². The van der Waals surface area contributed by atoms with Gasteiger partial charge in [-0.3, -0.25) is 10.1 Å². The topological polar surface area (TPSA) is 58.2 Å². The maximum atomic E-state index is 12.6. The van der Waals surface area contributed by atoms with E-state index in [0.717, 1.165) is 4.90 Å². The number of hydrogen-bond donors (Lipinski definition) is 2. The van der Waals surface area contributed by atoms with Gasteiger partial charge < -0.3 is 5.32 Å². The molecule has 0 unspecified atom stereocenters. The second kappa shape index (κ2) is 6.12. The summed E-state index contributed by atoms with van der Waals surface area (Å²) in [5.41, 5.74) is 0. The number of imide groups is 1. The molecule has 0 aliphatic heterocycles. The van der Waals surface area contributed by atoms with Crippen LogP contribution in [0.5, 0.6) is 0 Å². The van der Waals surface area contributed by atoms with E-state index in [1.807, 2.05) is 0 Å². The van der Waals surface area contributed by atoms with Crippen LogP contribution in [0.3, 0.4) is 0 Å². The molecule has 0 fully saturated rings. The van der Waals surface area contributed by atoms with Gasteiger partial charge in [-0.1, -0.05) is 0 Å². The highest BCUT2D eigenvalue weighted by Crippen LogP contribution is 2.17. The molecule has 0 saturated heterocycles. The van der Waals surface area contributed by atoms with Gasteiger partial charge in [0.15, 0.2) is 0 Å². The zero-order valence-electron chi connectivity index (χ0n) is 8.62. The summed E-state index contributed by atoms with van der Waals surface area (Å²) < 4.78 is 12.6. The van der Waals surface area contributed by atoms with Gasteiger partial charge in [0.05, 0.1) is 5.75 Å². The number of carbonyl (C=O) groups excluding carboxylic acids is 2. The van der Waals surface area contributed by atoms with E-state index in [-0.39, 0.29) is 11.6 Å². The lowest BCUT2D eigenvalue weighted by Crippen LogP contribution is -2.38. The molecule has 0 bridgehead atoms. The fourth-order valence-corrected chi connectivity index (χ4v) is 1.60. The van der Waals surface area contributed by atoms with E-state index in [2.05, 4.69) is 10.6 Å². The number of thioether (sulfide) groups is 1. The molecule has 1 rings (SSSR count). The molecule has 0 spiro atoms. The van der Waals surface area contributed by atoms with Crippen LogP contribution in [-0.2, 0) is 4.79 Å². The summed E-state index contributed by atoms with van der Waals surface area (Å²) in [7, 11) is 1.43. The van der Waals surface area contributed by atoms with E-state index in [1.54, 1.807) is 12.1 Å². The Bertz CT molecular complexity index is 381. The molecule has 3 amide bonds. The molecule has 0 atom stereocenters. The van der Waals surface area contributed by atoms with E-state index in [9.17, 15) is 14.0 Å². The third kappa shape index (κ3) is 4.31. The zero-order chi connectivity index (χ0) is 12.0. The summed E-state index contributed by atoms with van der Waals surface area (Å²) in [6.07, 6.45) is 0. The van der Waals surface area contributed by atoms with Gasteiger partial charge in [-0.05, 0) is 24.3 Å². The number of urea groups is 1. The molecule has 0 radical (unpaired) electrons. The zero-order valence-corrected chi connectivity index (χ0v) is 9.44. The fraction of sp³-hybridized carbons (Fsp3) is 0.200. The molecule has 0 saturated carbocycles. The van der Waals surface area contributed by atoms with Gasteiger partial charge in [-0.15, -0.1) is 11.8 Å². The molecule has 0 aliphatic carbocycles. The van der Waals surface area contributed by atoms with Crippen LogP contribution in [0.4, 0.5) is 9.18 Å². The van der Waals surface area contributed by atoms with Crippen molar-refractivity contribution in [3.8, 4) is 0 Å². The van der Waals surface area contributed by atoms with E-state index in [0.29, 0.717) is 0 Å². The Balaban J connectivity index is 2.37. The van der Waals surface area contributed by atoms with Gasteiger partial charge in [-0.25, -0.2) is 9.18 Å². The third-order valence-corrected chi connectivity index (χ3v) is 2.68. The molecule has 86 valence electrons. The summed E-state index contributed by atoms with van der Waals surface area (Å²) >= 11 is 1.23. The minimum absolute atomic E-state index is 0.110. The van der Waals surface area contributed by atoms with Crippen LogP contribution in [0.1, 0.15) is 0 Å². The van der Waals surface area contributed by atoms with Gasteiger partial charge in [0.1, 0.15) is 5.82 Å². The van der Waals surface area contributed by atoms with Crippen molar-refractivity contribution in [3.05, 3.63) is 30.1 Å². The van der Waals surface area contributed by atoms with Crippen molar-refractivity contribution in [2.75, 3.05) is 12.8 Å². The minimum atomic E-state index is -0.537. The van der Waals surface area contributed by atoms with Crippen LogP contribution in [-0.4, -0.2) is 24.7 Å². The molecule has 4 nitrogen and oxygen atoms in total.